The van der Waals surface area contributed by atoms with Gasteiger partial charge in [0.25, 0.3) is 0 Å². The molecule has 7 nitrogen and oxygen atoms in total. The minimum absolute atomic E-state index is 0.0278. The summed E-state index contributed by atoms with van der Waals surface area (Å²) in [5, 5.41) is 9.35. The molecule has 2 aromatic rings. The van der Waals surface area contributed by atoms with E-state index in [2.05, 4.69) is 9.71 Å². The lowest BCUT2D eigenvalue weighted by Gasteiger charge is -2.15. The van der Waals surface area contributed by atoms with Crippen LogP contribution in [0.4, 0.5) is 0 Å². The van der Waals surface area contributed by atoms with Gasteiger partial charge < -0.3 is 14.1 Å². The molecule has 0 aliphatic rings. The predicted molar refractivity (Wildman–Crippen MR) is 76.1 cm³/mol. The van der Waals surface area contributed by atoms with Crippen molar-refractivity contribution >= 4 is 10.0 Å². The SMILES string of the molecule is Cc1oc(C)c(S(=O)(=O)NC(C)Cn2ccnc2)c1CO. The maximum absolute atomic E-state index is 12.5. The van der Waals surface area contributed by atoms with Gasteiger partial charge in [0.2, 0.25) is 10.0 Å². The van der Waals surface area contributed by atoms with Crippen LogP contribution in [-0.4, -0.2) is 29.1 Å². The van der Waals surface area contributed by atoms with Crippen molar-refractivity contribution in [2.45, 2.75) is 44.9 Å². The van der Waals surface area contributed by atoms with E-state index < -0.39 is 10.0 Å². The minimum Gasteiger partial charge on any atom is -0.465 e. The molecule has 21 heavy (non-hydrogen) atoms. The van der Waals surface area contributed by atoms with Crippen LogP contribution in [0.15, 0.2) is 28.0 Å². The lowest BCUT2D eigenvalue weighted by Crippen LogP contribution is -2.36. The van der Waals surface area contributed by atoms with Gasteiger partial charge in [-0.15, -0.1) is 0 Å². The van der Waals surface area contributed by atoms with Crippen molar-refractivity contribution in [1.29, 1.82) is 0 Å². The first-order valence-electron chi connectivity index (χ1n) is 6.53. The van der Waals surface area contributed by atoms with Gasteiger partial charge in [0.1, 0.15) is 16.4 Å². The molecule has 2 N–H and O–H groups in total. The Labute approximate surface area is 123 Å². The van der Waals surface area contributed by atoms with Crippen molar-refractivity contribution in [1.82, 2.24) is 14.3 Å². The fourth-order valence-corrected chi connectivity index (χ4v) is 3.99. The highest BCUT2D eigenvalue weighted by atomic mass is 32.2. The molecule has 0 amide bonds. The number of hydrogen-bond acceptors (Lipinski definition) is 5. The van der Waals surface area contributed by atoms with Crippen molar-refractivity contribution < 1.29 is 17.9 Å². The first kappa shape index (κ1) is 15.7. The summed E-state index contributed by atoms with van der Waals surface area (Å²) in [6.45, 7) is 5.05. The van der Waals surface area contributed by atoms with Crippen LogP contribution in [0.1, 0.15) is 24.0 Å². The highest BCUT2D eigenvalue weighted by molar-refractivity contribution is 7.89. The molecule has 0 bridgehead atoms. The first-order valence-corrected chi connectivity index (χ1v) is 8.01. The molecule has 0 radical (unpaired) electrons. The maximum Gasteiger partial charge on any atom is 0.244 e. The van der Waals surface area contributed by atoms with Crippen molar-refractivity contribution in [3.8, 4) is 0 Å². The van der Waals surface area contributed by atoms with Crippen LogP contribution < -0.4 is 4.72 Å². The fourth-order valence-electron chi connectivity index (χ4n) is 2.32. The third-order valence-electron chi connectivity index (χ3n) is 3.15. The maximum atomic E-state index is 12.5. The first-order chi connectivity index (χ1) is 9.85. The molecule has 0 spiro atoms. The number of nitrogens with one attached hydrogen (secondary N) is 1. The van der Waals surface area contributed by atoms with Crippen LogP contribution in [0.25, 0.3) is 0 Å². The summed E-state index contributed by atoms with van der Waals surface area (Å²) in [6, 6.07) is -0.328. The number of furan rings is 1. The van der Waals surface area contributed by atoms with E-state index in [0.29, 0.717) is 17.9 Å². The van der Waals surface area contributed by atoms with E-state index in [1.165, 1.54) is 0 Å². The Morgan fingerprint density at radius 2 is 2.14 bits per heavy atom. The highest BCUT2D eigenvalue weighted by Gasteiger charge is 2.27. The van der Waals surface area contributed by atoms with E-state index in [4.69, 9.17) is 4.42 Å². The van der Waals surface area contributed by atoms with Crippen molar-refractivity contribution in [3.63, 3.8) is 0 Å². The molecule has 0 saturated heterocycles. The zero-order chi connectivity index (χ0) is 15.6. The molecule has 116 valence electrons. The summed E-state index contributed by atoms with van der Waals surface area (Å²) in [4.78, 5) is 3.94. The summed E-state index contributed by atoms with van der Waals surface area (Å²) >= 11 is 0. The van der Waals surface area contributed by atoms with Crippen LogP contribution in [0.5, 0.6) is 0 Å². The molecule has 2 rings (SSSR count). The van der Waals surface area contributed by atoms with Gasteiger partial charge in [0.05, 0.1) is 12.9 Å². The third kappa shape index (κ3) is 3.34. The number of hydrogen-bond donors (Lipinski definition) is 2. The zero-order valence-electron chi connectivity index (χ0n) is 12.2. The standard InChI is InChI=1S/C13H19N3O4S/c1-9(6-16-5-4-14-8-16)15-21(18,19)13-11(3)20-10(2)12(13)7-17/h4-5,8-9,15,17H,6-7H2,1-3H3. The molecule has 8 heteroatoms. The summed E-state index contributed by atoms with van der Waals surface area (Å²) in [5.74, 6) is 0.691. The van der Waals surface area contributed by atoms with Crippen LogP contribution in [0.3, 0.4) is 0 Å². The monoisotopic (exact) mass is 313 g/mol. The Kier molecular flexibility index (Phi) is 4.50. The molecular formula is C13H19N3O4S. The molecule has 2 heterocycles. The lowest BCUT2D eigenvalue weighted by atomic mass is 10.2. The molecule has 0 fully saturated rings. The van der Waals surface area contributed by atoms with Gasteiger partial charge >= 0.3 is 0 Å². The molecule has 0 aliphatic carbocycles. The lowest BCUT2D eigenvalue weighted by molar-refractivity contribution is 0.276. The van der Waals surface area contributed by atoms with E-state index >= 15 is 0 Å². The number of rotatable bonds is 6. The second-order valence-electron chi connectivity index (χ2n) is 4.96. The fraction of sp³-hybridized carbons (Fsp3) is 0.462. The Balaban J connectivity index is 2.22. The summed E-state index contributed by atoms with van der Waals surface area (Å²) < 4.78 is 34.6. The number of aromatic nitrogens is 2. The molecular weight excluding hydrogens is 294 g/mol. The number of aliphatic hydroxyl groups excluding tert-OH is 1. The van der Waals surface area contributed by atoms with Gasteiger partial charge in [-0.05, 0) is 20.8 Å². The molecule has 2 aromatic heterocycles. The van der Waals surface area contributed by atoms with Crippen molar-refractivity contribution in [2.24, 2.45) is 0 Å². The summed E-state index contributed by atoms with van der Waals surface area (Å²) in [6.07, 6.45) is 5.02. The second-order valence-corrected chi connectivity index (χ2v) is 6.61. The molecule has 0 saturated carbocycles. The molecule has 1 atom stereocenters. The zero-order valence-corrected chi connectivity index (χ0v) is 13.0. The van der Waals surface area contributed by atoms with E-state index in [1.807, 2.05) is 0 Å². The van der Waals surface area contributed by atoms with E-state index in [0.717, 1.165) is 0 Å². The van der Waals surface area contributed by atoms with Gasteiger partial charge in [0.15, 0.2) is 0 Å². The van der Waals surface area contributed by atoms with Crippen molar-refractivity contribution in [3.05, 3.63) is 35.8 Å². The Morgan fingerprint density at radius 1 is 1.43 bits per heavy atom. The predicted octanol–water partition coefficient (Wildman–Crippen LogP) is 0.952. The van der Waals surface area contributed by atoms with Gasteiger partial charge in [-0.25, -0.2) is 18.1 Å². The topological polar surface area (TPSA) is 97.4 Å². The smallest absolute Gasteiger partial charge is 0.244 e. The Bertz CT molecular complexity index is 704. The van der Waals surface area contributed by atoms with Gasteiger partial charge in [-0.2, -0.15) is 0 Å². The number of imidazole rings is 1. The normalized spacial score (nSPS) is 13.5. The Morgan fingerprint density at radius 3 is 2.71 bits per heavy atom. The molecule has 1 unspecified atom stereocenters. The van der Waals surface area contributed by atoms with Crippen LogP contribution in [0.2, 0.25) is 0 Å². The van der Waals surface area contributed by atoms with Gasteiger partial charge in [-0.3, -0.25) is 0 Å². The van der Waals surface area contributed by atoms with E-state index in [1.54, 1.807) is 44.1 Å². The van der Waals surface area contributed by atoms with E-state index in [-0.39, 0.29) is 23.3 Å². The second kappa shape index (κ2) is 6.00. The van der Waals surface area contributed by atoms with Gasteiger partial charge in [-0.1, -0.05) is 0 Å². The van der Waals surface area contributed by atoms with Crippen LogP contribution >= 0.6 is 0 Å². The molecule has 0 aliphatic heterocycles. The summed E-state index contributed by atoms with van der Waals surface area (Å²) in [7, 11) is -3.75. The minimum atomic E-state index is -3.75. The number of aliphatic hydroxyl groups is 1. The average molecular weight is 313 g/mol. The number of nitrogens with zero attached hydrogens (tertiary/aromatic N) is 2. The van der Waals surface area contributed by atoms with Crippen LogP contribution in [-0.2, 0) is 23.2 Å². The Hall–Kier alpha value is -1.64. The number of sulfonamides is 1. The van der Waals surface area contributed by atoms with Crippen LogP contribution in [0, 0.1) is 13.8 Å². The number of aryl methyl sites for hydroxylation is 2. The quantitative estimate of drug-likeness (QED) is 0.827. The highest BCUT2D eigenvalue weighted by Crippen LogP contribution is 2.26. The van der Waals surface area contributed by atoms with Gasteiger partial charge in [0, 0.05) is 30.5 Å². The third-order valence-corrected chi connectivity index (χ3v) is 4.94. The molecule has 0 aromatic carbocycles. The average Bonchev–Trinajstić information content (AvgIpc) is 2.95. The van der Waals surface area contributed by atoms with E-state index in [9.17, 15) is 13.5 Å². The summed E-state index contributed by atoms with van der Waals surface area (Å²) in [5.41, 5.74) is 0.301. The largest absolute Gasteiger partial charge is 0.465 e. The van der Waals surface area contributed by atoms with Crippen molar-refractivity contribution in [2.75, 3.05) is 0 Å².